The number of hydrogen-bond donors (Lipinski definition) is 1. The van der Waals surface area contributed by atoms with Crippen LogP contribution < -0.4 is 25.1 Å². The number of aromatic nitrogens is 2. The predicted octanol–water partition coefficient (Wildman–Crippen LogP) is 2.25. The Kier molecular flexibility index (Phi) is 6.69. The molecule has 0 unspecified atom stereocenters. The monoisotopic (exact) mass is 409 g/mol. The number of methoxy groups -OCH3 is 3. The number of nitrogens with zero attached hydrogens (tertiary/aromatic N) is 2. The van der Waals surface area contributed by atoms with Gasteiger partial charge in [0.05, 0.1) is 27.0 Å². The molecular weight excluding hydrogens is 386 g/mol. The van der Waals surface area contributed by atoms with Crippen LogP contribution in [0.5, 0.6) is 17.2 Å². The summed E-state index contributed by atoms with van der Waals surface area (Å²) in [4.78, 5) is 24.5. The molecule has 1 aromatic heterocycles. The van der Waals surface area contributed by atoms with Gasteiger partial charge in [0.2, 0.25) is 11.7 Å². The molecule has 3 aromatic rings. The molecule has 1 amide bonds. The molecule has 0 fully saturated rings. The molecule has 0 aliphatic carbocycles. The van der Waals surface area contributed by atoms with Crippen LogP contribution in [0.2, 0.25) is 0 Å². The van der Waals surface area contributed by atoms with Gasteiger partial charge in [0.15, 0.2) is 11.5 Å². The first-order valence-corrected chi connectivity index (χ1v) is 9.25. The molecule has 0 spiro atoms. The second-order valence-electron chi connectivity index (χ2n) is 6.39. The van der Waals surface area contributed by atoms with E-state index >= 15 is 0 Å². The number of carbonyl (C=O) groups is 1. The quantitative estimate of drug-likeness (QED) is 0.614. The Bertz CT molecular complexity index is 1050. The molecule has 0 bridgehead atoms. The van der Waals surface area contributed by atoms with E-state index in [1.165, 1.54) is 27.4 Å². The third kappa shape index (κ3) is 4.78. The van der Waals surface area contributed by atoms with Crippen LogP contribution >= 0.6 is 0 Å². The summed E-state index contributed by atoms with van der Waals surface area (Å²) in [5, 5.41) is 7.13. The van der Waals surface area contributed by atoms with Gasteiger partial charge in [-0.05, 0) is 23.8 Å². The Morgan fingerprint density at radius 1 is 0.967 bits per heavy atom. The zero-order valence-corrected chi connectivity index (χ0v) is 17.0. The molecule has 0 atom stereocenters. The highest BCUT2D eigenvalue weighted by Crippen LogP contribution is 2.40. The highest BCUT2D eigenvalue weighted by molar-refractivity contribution is 5.75. The summed E-state index contributed by atoms with van der Waals surface area (Å²) in [7, 11) is 4.56. The highest BCUT2D eigenvalue weighted by atomic mass is 16.5. The maximum Gasteiger partial charge on any atom is 0.267 e. The van der Waals surface area contributed by atoms with Crippen molar-refractivity contribution < 1.29 is 19.0 Å². The third-order valence-corrected chi connectivity index (χ3v) is 4.45. The fraction of sp³-hybridized carbons (Fsp3) is 0.227. The normalized spacial score (nSPS) is 10.4. The fourth-order valence-electron chi connectivity index (χ4n) is 2.93. The lowest BCUT2D eigenvalue weighted by atomic mass is 10.1. The van der Waals surface area contributed by atoms with Gasteiger partial charge in [-0.25, -0.2) is 4.68 Å². The molecule has 8 heteroatoms. The largest absolute Gasteiger partial charge is 0.493 e. The Labute approximate surface area is 174 Å². The predicted molar refractivity (Wildman–Crippen MR) is 112 cm³/mol. The van der Waals surface area contributed by atoms with E-state index in [0.717, 1.165) is 10.2 Å². The number of nitrogens with one attached hydrogen (secondary N) is 1. The molecule has 1 heterocycles. The van der Waals surface area contributed by atoms with Crippen molar-refractivity contribution in [3.63, 3.8) is 0 Å². The van der Waals surface area contributed by atoms with Crippen LogP contribution in [0.15, 0.2) is 59.4 Å². The third-order valence-electron chi connectivity index (χ3n) is 4.45. The summed E-state index contributed by atoms with van der Waals surface area (Å²) >= 11 is 0. The summed E-state index contributed by atoms with van der Waals surface area (Å²) in [5.74, 6) is 1.08. The molecule has 156 valence electrons. The fourth-order valence-corrected chi connectivity index (χ4v) is 2.93. The van der Waals surface area contributed by atoms with Crippen molar-refractivity contribution in [2.45, 2.75) is 13.1 Å². The number of benzene rings is 2. The lowest BCUT2D eigenvalue weighted by Gasteiger charge is -2.14. The van der Waals surface area contributed by atoms with Gasteiger partial charge in [-0.3, -0.25) is 9.59 Å². The Morgan fingerprint density at radius 3 is 2.23 bits per heavy atom. The smallest absolute Gasteiger partial charge is 0.267 e. The van der Waals surface area contributed by atoms with Crippen molar-refractivity contribution in [2.24, 2.45) is 0 Å². The topological polar surface area (TPSA) is 91.7 Å². The average Bonchev–Trinajstić information content (AvgIpc) is 2.78. The van der Waals surface area contributed by atoms with Gasteiger partial charge in [-0.2, -0.15) is 5.10 Å². The maximum atomic E-state index is 12.3. The summed E-state index contributed by atoms with van der Waals surface area (Å²) in [6.07, 6.45) is 0. The number of rotatable bonds is 8. The van der Waals surface area contributed by atoms with Crippen molar-refractivity contribution in [1.29, 1.82) is 0 Å². The first-order valence-electron chi connectivity index (χ1n) is 9.25. The molecule has 0 aliphatic heterocycles. The van der Waals surface area contributed by atoms with E-state index in [1.54, 1.807) is 18.2 Å². The minimum absolute atomic E-state index is 0.191. The number of carbonyl (C=O) groups excluding carboxylic acids is 1. The van der Waals surface area contributed by atoms with Gasteiger partial charge in [0, 0.05) is 18.2 Å². The minimum Gasteiger partial charge on any atom is -0.493 e. The standard InChI is InChI=1S/C22H23N3O5/c1-28-18-11-16(12-19(29-2)22(18)30-3)17-9-10-21(27)25(24-17)14-20(26)23-13-15-7-5-4-6-8-15/h4-12H,13-14H2,1-3H3,(H,23,26). The van der Waals surface area contributed by atoms with Crippen molar-refractivity contribution >= 4 is 5.91 Å². The molecule has 0 aliphatic rings. The molecule has 8 nitrogen and oxygen atoms in total. The highest BCUT2D eigenvalue weighted by Gasteiger charge is 2.16. The molecule has 0 saturated carbocycles. The van der Waals surface area contributed by atoms with E-state index < -0.39 is 0 Å². The number of hydrogen-bond acceptors (Lipinski definition) is 6. The van der Waals surface area contributed by atoms with Crippen LogP contribution in [0.4, 0.5) is 0 Å². The van der Waals surface area contributed by atoms with E-state index in [4.69, 9.17) is 14.2 Å². The lowest BCUT2D eigenvalue weighted by molar-refractivity contribution is -0.122. The SMILES string of the molecule is COc1cc(-c2ccc(=O)n(CC(=O)NCc3ccccc3)n2)cc(OC)c1OC. The zero-order valence-electron chi connectivity index (χ0n) is 17.0. The first kappa shape index (κ1) is 20.9. The van der Waals surface area contributed by atoms with Crippen molar-refractivity contribution in [3.8, 4) is 28.5 Å². The van der Waals surface area contributed by atoms with Crippen molar-refractivity contribution in [2.75, 3.05) is 21.3 Å². The molecule has 0 radical (unpaired) electrons. The minimum atomic E-state index is -0.374. The number of ether oxygens (including phenoxy) is 3. The van der Waals surface area contributed by atoms with Crippen LogP contribution in [-0.4, -0.2) is 37.0 Å². The molecule has 0 saturated heterocycles. The second-order valence-corrected chi connectivity index (χ2v) is 6.39. The van der Waals surface area contributed by atoms with Gasteiger partial charge >= 0.3 is 0 Å². The van der Waals surface area contributed by atoms with E-state index in [-0.39, 0.29) is 18.0 Å². The van der Waals surface area contributed by atoms with E-state index in [1.807, 2.05) is 30.3 Å². The summed E-state index contributed by atoms with van der Waals surface area (Å²) in [5.41, 5.74) is 1.74. The second kappa shape index (κ2) is 9.60. The van der Waals surface area contributed by atoms with Crippen LogP contribution in [0, 0.1) is 0 Å². The van der Waals surface area contributed by atoms with Gasteiger partial charge in [0.25, 0.3) is 5.56 Å². The maximum absolute atomic E-state index is 12.3. The molecule has 2 aromatic carbocycles. The molecule has 30 heavy (non-hydrogen) atoms. The van der Waals surface area contributed by atoms with Crippen molar-refractivity contribution in [1.82, 2.24) is 15.1 Å². The van der Waals surface area contributed by atoms with Gasteiger partial charge in [-0.1, -0.05) is 30.3 Å². The molecule has 1 N–H and O–H groups in total. The van der Waals surface area contributed by atoms with Gasteiger partial charge in [-0.15, -0.1) is 0 Å². The van der Waals surface area contributed by atoms with Crippen LogP contribution in [0.1, 0.15) is 5.56 Å². The Hall–Kier alpha value is -3.81. The van der Waals surface area contributed by atoms with Crippen molar-refractivity contribution in [3.05, 3.63) is 70.5 Å². The van der Waals surface area contributed by atoms with Gasteiger partial charge < -0.3 is 19.5 Å². The van der Waals surface area contributed by atoms with E-state index in [0.29, 0.717) is 35.1 Å². The lowest BCUT2D eigenvalue weighted by Crippen LogP contribution is -2.33. The van der Waals surface area contributed by atoms with E-state index in [2.05, 4.69) is 10.4 Å². The summed E-state index contributed by atoms with van der Waals surface area (Å²) in [6.45, 7) is 0.185. The van der Waals surface area contributed by atoms with Crippen LogP contribution in [-0.2, 0) is 17.9 Å². The van der Waals surface area contributed by atoms with Gasteiger partial charge in [0.1, 0.15) is 6.54 Å². The summed E-state index contributed by atoms with van der Waals surface area (Å²) in [6, 6.07) is 15.9. The number of amides is 1. The molecular formula is C22H23N3O5. The van der Waals surface area contributed by atoms with E-state index in [9.17, 15) is 9.59 Å². The molecule has 3 rings (SSSR count). The van der Waals surface area contributed by atoms with Crippen LogP contribution in [0.25, 0.3) is 11.3 Å². The Morgan fingerprint density at radius 2 is 1.63 bits per heavy atom. The first-order chi connectivity index (χ1) is 14.5. The zero-order chi connectivity index (χ0) is 21.5. The van der Waals surface area contributed by atoms with Crippen LogP contribution in [0.3, 0.4) is 0 Å². The summed E-state index contributed by atoms with van der Waals surface area (Å²) < 4.78 is 17.2. The average molecular weight is 409 g/mol. The Balaban J connectivity index is 1.83.